The normalized spacial score (nSPS) is 8.56. The lowest BCUT2D eigenvalue weighted by Gasteiger charge is -1.92. The van der Waals surface area contributed by atoms with Gasteiger partial charge in [0.05, 0.1) is 5.56 Å². The molecule has 0 aromatic heterocycles. The number of carboxylic acids is 2. The number of benzene rings is 1. The van der Waals surface area contributed by atoms with Gasteiger partial charge in [0.15, 0.2) is 0 Å². The lowest BCUT2D eigenvalue weighted by Crippen LogP contribution is -2.05. The number of hydrogen-bond acceptors (Lipinski definition) is 4. The van der Waals surface area contributed by atoms with E-state index in [2.05, 4.69) is 0 Å². The second kappa shape index (κ2) is 6.18. The minimum atomic E-state index is -1.38. The standard InChI is InChI=1S/C7H6O3.C3H4O3/c8-6-3-1-5(2-4-6)7(9)10;1-2(4)3(5)6/h1-4,8H,(H,9,10);1H3,(H,5,6). The fraction of sp³-hybridized carbons (Fsp3) is 0.100. The smallest absolute Gasteiger partial charge is 0.371 e. The first-order valence-corrected chi connectivity index (χ1v) is 4.10. The Morgan fingerprint density at radius 2 is 1.38 bits per heavy atom. The van der Waals surface area contributed by atoms with Crippen molar-refractivity contribution in [2.24, 2.45) is 0 Å². The Labute approximate surface area is 90.8 Å². The van der Waals surface area contributed by atoms with Crippen LogP contribution in [0, 0.1) is 0 Å². The van der Waals surface area contributed by atoms with Gasteiger partial charge in [-0.3, -0.25) is 4.79 Å². The van der Waals surface area contributed by atoms with Crippen LogP contribution in [0.25, 0.3) is 0 Å². The highest BCUT2D eigenvalue weighted by Crippen LogP contribution is 2.08. The molecule has 0 spiro atoms. The van der Waals surface area contributed by atoms with Gasteiger partial charge in [-0.2, -0.15) is 0 Å². The van der Waals surface area contributed by atoms with E-state index < -0.39 is 17.7 Å². The molecule has 0 unspecified atom stereocenters. The molecule has 3 N–H and O–H groups in total. The van der Waals surface area contributed by atoms with E-state index in [0.29, 0.717) is 0 Å². The van der Waals surface area contributed by atoms with Crippen LogP contribution in [0.15, 0.2) is 24.3 Å². The minimum absolute atomic E-state index is 0.0741. The SMILES string of the molecule is CC(=O)C(=O)O.O=C(O)c1ccc(O)cc1. The molecule has 86 valence electrons. The molecule has 0 aliphatic rings. The fourth-order valence-electron chi connectivity index (χ4n) is 0.604. The third kappa shape index (κ3) is 5.38. The number of ketones is 1. The van der Waals surface area contributed by atoms with Crippen molar-refractivity contribution >= 4 is 17.7 Å². The van der Waals surface area contributed by atoms with Crippen LogP contribution in [0.5, 0.6) is 5.75 Å². The molecule has 0 heterocycles. The van der Waals surface area contributed by atoms with Crippen molar-refractivity contribution in [2.45, 2.75) is 6.92 Å². The fourth-order valence-corrected chi connectivity index (χ4v) is 0.604. The Morgan fingerprint density at radius 3 is 1.62 bits per heavy atom. The topological polar surface area (TPSA) is 112 Å². The largest absolute Gasteiger partial charge is 0.508 e. The molecule has 0 aliphatic heterocycles. The molecule has 0 saturated carbocycles. The number of phenols is 1. The molecule has 0 atom stereocenters. The summed E-state index contributed by atoms with van der Waals surface area (Å²) in [5.74, 6) is -3.12. The van der Waals surface area contributed by atoms with E-state index in [4.69, 9.17) is 15.3 Å². The third-order valence-electron chi connectivity index (χ3n) is 1.42. The van der Waals surface area contributed by atoms with E-state index in [0.717, 1.165) is 6.92 Å². The third-order valence-corrected chi connectivity index (χ3v) is 1.42. The lowest BCUT2D eigenvalue weighted by molar-refractivity contribution is -0.148. The number of Topliss-reactive ketones (excluding diaryl/α,β-unsaturated/α-hetero) is 1. The molecule has 6 nitrogen and oxygen atoms in total. The Kier molecular flexibility index (Phi) is 5.26. The molecular formula is C10H10O6. The Hall–Kier alpha value is -2.37. The van der Waals surface area contributed by atoms with E-state index in [1.54, 1.807) is 0 Å². The molecule has 0 aliphatic carbocycles. The molecule has 1 rings (SSSR count). The molecule has 0 amide bonds. The van der Waals surface area contributed by atoms with Crippen LogP contribution in [-0.4, -0.2) is 33.0 Å². The molecule has 0 radical (unpaired) electrons. The van der Waals surface area contributed by atoms with Gasteiger partial charge in [-0.1, -0.05) is 0 Å². The summed E-state index contributed by atoms with van der Waals surface area (Å²) >= 11 is 0. The van der Waals surface area contributed by atoms with Gasteiger partial charge in [0.1, 0.15) is 5.75 Å². The number of aromatic hydroxyl groups is 1. The second-order valence-electron chi connectivity index (χ2n) is 2.71. The Bertz CT molecular complexity index is 380. The predicted molar refractivity (Wildman–Crippen MR) is 53.4 cm³/mol. The zero-order valence-electron chi connectivity index (χ0n) is 8.38. The zero-order valence-corrected chi connectivity index (χ0v) is 8.38. The summed E-state index contributed by atoms with van der Waals surface area (Å²) in [4.78, 5) is 29.1. The number of phenolic OH excluding ortho intramolecular Hbond substituents is 1. The molecule has 6 heteroatoms. The van der Waals surface area contributed by atoms with Crippen molar-refractivity contribution in [3.63, 3.8) is 0 Å². The van der Waals surface area contributed by atoms with Crippen molar-refractivity contribution in [2.75, 3.05) is 0 Å². The molecule has 16 heavy (non-hydrogen) atoms. The summed E-state index contributed by atoms with van der Waals surface area (Å²) in [7, 11) is 0. The average Bonchev–Trinajstić information content (AvgIpc) is 2.19. The first-order chi connectivity index (χ1) is 7.34. The summed E-state index contributed by atoms with van der Waals surface area (Å²) in [6.45, 7) is 1.00. The number of hydrogen-bond donors (Lipinski definition) is 3. The van der Waals surface area contributed by atoms with Crippen LogP contribution in [-0.2, 0) is 9.59 Å². The maximum Gasteiger partial charge on any atom is 0.371 e. The Morgan fingerprint density at radius 1 is 1.00 bits per heavy atom. The quantitative estimate of drug-likeness (QED) is 0.641. The number of aromatic carboxylic acids is 1. The van der Waals surface area contributed by atoms with Crippen LogP contribution in [0.2, 0.25) is 0 Å². The summed E-state index contributed by atoms with van der Waals surface area (Å²) in [5.41, 5.74) is 0.179. The van der Waals surface area contributed by atoms with E-state index in [9.17, 15) is 14.4 Å². The first-order valence-electron chi connectivity index (χ1n) is 4.10. The second-order valence-corrected chi connectivity index (χ2v) is 2.71. The average molecular weight is 226 g/mol. The van der Waals surface area contributed by atoms with Crippen molar-refractivity contribution in [1.29, 1.82) is 0 Å². The summed E-state index contributed by atoms with van der Waals surface area (Å²) in [6.07, 6.45) is 0. The minimum Gasteiger partial charge on any atom is -0.508 e. The molecular weight excluding hydrogens is 216 g/mol. The molecule has 0 bridgehead atoms. The zero-order chi connectivity index (χ0) is 12.7. The van der Waals surface area contributed by atoms with Crippen LogP contribution >= 0.6 is 0 Å². The molecule has 1 aromatic carbocycles. The first kappa shape index (κ1) is 13.6. The van der Waals surface area contributed by atoms with Gasteiger partial charge in [0.25, 0.3) is 0 Å². The van der Waals surface area contributed by atoms with Crippen LogP contribution in [0.1, 0.15) is 17.3 Å². The van der Waals surface area contributed by atoms with Gasteiger partial charge in [0.2, 0.25) is 5.78 Å². The summed E-state index contributed by atoms with van der Waals surface area (Å²) < 4.78 is 0. The monoisotopic (exact) mass is 226 g/mol. The summed E-state index contributed by atoms with van der Waals surface area (Å²) in [5, 5.41) is 24.8. The molecule has 0 saturated heterocycles. The number of rotatable bonds is 2. The number of carboxylic acid groups (broad SMARTS) is 2. The molecule has 1 aromatic rings. The van der Waals surface area contributed by atoms with Crippen molar-refractivity contribution < 1.29 is 29.7 Å². The van der Waals surface area contributed by atoms with E-state index in [1.807, 2.05) is 0 Å². The van der Waals surface area contributed by atoms with Gasteiger partial charge in [0, 0.05) is 6.92 Å². The molecule has 0 fully saturated rings. The van der Waals surface area contributed by atoms with Gasteiger partial charge in [-0.15, -0.1) is 0 Å². The van der Waals surface area contributed by atoms with E-state index in [1.165, 1.54) is 24.3 Å². The van der Waals surface area contributed by atoms with Crippen LogP contribution in [0.3, 0.4) is 0 Å². The highest BCUT2D eigenvalue weighted by molar-refractivity contribution is 6.31. The van der Waals surface area contributed by atoms with Crippen LogP contribution < -0.4 is 0 Å². The van der Waals surface area contributed by atoms with Gasteiger partial charge >= 0.3 is 11.9 Å². The highest BCUT2D eigenvalue weighted by Gasteiger charge is 1.99. The van der Waals surface area contributed by atoms with Crippen molar-refractivity contribution in [3.8, 4) is 5.75 Å². The van der Waals surface area contributed by atoms with Gasteiger partial charge in [-0.05, 0) is 24.3 Å². The van der Waals surface area contributed by atoms with Crippen molar-refractivity contribution in [3.05, 3.63) is 29.8 Å². The Balaban J connectivity index is 0.000000325. The maximum atomic E-state index is 10.2. The van der Waals surface area contributed by atoms with Gasteiger partial charge < -0.3 is 15.3 Å². The predicted octanol–water partition coefficient (Wildman–Crippen LogP) is 0.750. The van der Waals surface area contributed by atoms with E-state index >= 15 is 0 Å². The number of carbonyl (C=O) groups is 3. The van der Waals surface area contributed by atoms with Gasteiger partial charge in [-0.25, -0.2) is 9.59 Å². The number of aliphatic carboxylic acids is 1. The lowest BCUT2D eigenvalue weighted by atomic mass is 10.2. The number of carbonyl (C=O) groups excluding carboxylic acids is 1. The maximum absolute atomic E-state index is 10.2. The van der Waals surface area contributed by atoms with Crippen LogP contribution in [0.4, 0.5) is 0 Å². The highest BCUT2D eigenvalue weighted by atomic mass is 16.4. The summed E-state index contributed by atoms with van der Waals surface area (Å²) in [6, 6.07) is 5.36. The van der Waals surface area contributed by atoms with E-state index in [-0.39, 0.29) is 11.3 Å². The van der Waals surface area contributed by atoms with Crippen molar-refractivity contribution in [1.82, 2.24) is 0 Å².